The number of ether oxygens (including phenoxy) is 4. The van der Waals surface area contributed by atoms with E-state index in [1.54, 1.807) is 6.07 Å². The van der Waals surface area contributed by atoms with Crippen molar-refractivity contribution < 1.29 is 28.5 Å². The zero-order valence-corrected chi connectivity index (χ0v) is 15.8. The average Bonchev–Trinajstić information content (AvgIpc) is 2.66. The topological polar surface area (TPSA) is 71.1 Å². The van der Waals surface area contributed by atoms with E-state index in [1.165, 1.54) is 45.6 Å². The minimum atomic E-state index is -0.755. The van der Waals surface area contributed by atoms with Crippen molar-refractivity contribution in [3.63, 3.8) is 0 Å². The SMILES string of the molecule is COc1cc(OC)c(C(=O)OCC(=O)c2cc(Cl)ccc2Cl)cc1OC. The molecule has 2 rings (SSSR count). The number of ketones is 1. The van der Waals surface area contributed by atoms with E-state index in [0.717, 1.165) is 0 Å². The van der Waals surface area contributed by atoms with E-state index in [4.69, 9.17) is 42.1 Å². The molecular formula is C18H16Cl2O6. The Morgan fingerprint density at radius 2 is 1.46 bits per heavy atom. The van der Waals surface area contributed by atoms with Gasteiger partial charge in [-0.25, -0.2) is 4.79 Å². The Morgan fingerprint density at radius 1 is 0.846 bits per heavy atom. The van der Waals surface area contributed by atoms with Gasteiger partial charge in [0, 0.05) is 22.7 Å². The Labute approximate surface area is 160 Å². The Bertz CT molecular complexity index is 835. The van der Waals surface area contributed by atoms with E-state index >= 15 is 0 Å². The lowest BCUT2D eigenvalue weighted by Crippen LogP contribution is -2.15. The summed E-state index contributed by atoms with van der Waals surface area (Å²) in [5, 5.41) is 0.574. The number of hydrogen-bond acceptors (Lipinski definition) is 6. The van der Waals surface area contributed by atoms with Gasteiger partial charge in [0.05, 0.1) is 26.4 Å². The third kappa shape index (κ3) is 4.39. The van der Waals surface area contributed by atoms with Crippen molar-refractivity contribution in [2.75, 3.05) is 27.9 Å². The first-order chi connectivity index (χ1) is 12.4. The highest BCUT2D eigenvalue weighted by molar-refractivity contribution is 6.36. The molecular weight excluding hydrogens is 383 g/mol. The maximum Gasteiger partial charge on any atom is 0.342 e. The van der Waals surface area contributed by atoms with Crippen molar-refractivity contribution in [3.8, 4) is 17.2 Å². The summed E-state index contributed by atoms with van der Waals surface area (Å²) in [7, 11) is 4.29. The van der Waals surface area contributed by atoms with Crippen molar-refractivity contribution >= 4 is 35.0 Å². The van der Waals surface area contributed by atoms with Crippen LogP contribution in [0.15, 0.2) is 30.3 Å². The van der Waals surface area contributed by atoms with Crippen LogP contribution >= 0.6 is 23.2 Å². The van der Waals surface area contributed by atoms with Crippen LogP contribution < -0.4 is 14.2 Å². The maximum absolute atomic E-state index is 12.4. The van der Waals surface area contributed by atoms with Crippen molar-refractivity contribution in [1.82, 2.24) is 0 Å². The quantitative estimate of drug-likeness (QED) is 0.517. The molecule has 0 heterocycles. The van der Waals surface area contributed by atoms with Gasteiger partial charge in [-0.2, -0.15) is 0 Å². The van der Waals surface area contributed by atoms with Crippen LogP contribution in [0.2, 0.25) is 10.0 Å². The van der Waals surface area contributed by atoms with E-state index < -0.39 is 18.4 Å². The van der Waals surface area contributed by atoms with Gasteiger partial charge < -0.3 is 18.9 Å². The molecule has 0 aromatic heterocycles. The zero-order chi connectivity index (χ0) is 19.3. The Morgan fingerprint density at radius 3 is 2.08 bits per heavy atom. The monoisotopic (exact) mass is 398 g/mol. The molecule has 0 spiro atoms. The summed E-state index contributed by atoms with van der Waals surface area (Å²) in [6.07, 6.45) is 0. The second-order valence-electron chi connectivity index (χ2n) is 5.03. The van der Waals surface area contributed by atoms with Gasteiger partial charge in [-0.1, -0.05) is 23.2 Å². The molecule has 0 aliphatic carbocycles. The molecule has 0 aliphatic heterocycles. The van der Waals surface area contributed by atoms with Crippen LogP contribution in [0.3, 0.4) is 0 Å². The molecule has 0 unspecified atom stereocenters. The smallest absolute Gasteiger partial charge is 0.342 e. The number of carbonyl (C=O) groups is 2. The second kappa shape index (κ2) is 8.78. The number of esters is 1. The van der Waals surface area contributed by atoms with Crippen molar-refractivity contribution in [2.45, 2.75) is 0 Å². The number of rotatable bonds is 7. The largest absolute Gasteiger partial charge is 0.496 e. The van der Waals surface area contributed by atoms with E-state index in [0.29, 0.717) is 16.5 Å². The van der Waals surface area contributed by atoms with Crippen LogP contribution in [0.4, 0.5) is 0 Å². The van der Waals surface area contributed by atoms with Gasteiger partial charge in [0.25, 0.3) is 0 Å². The summed E-state index contributed by atoms with van der Waals surface area (Å²) in [5.74, 6) is -0.298. The number of benzene rings is 2. The lowest BCUT2D eigenvalue weighted by molar-refractivity contribution is 0.0471. The molecule has 6 nitrogen and oxygen atoms in total. The molecule has 0 amide bonds. The molecule has 138 valence electrons. The van der Waals surface area contributed by atoms with Crippen LogP contribution in [-0.2, 0) is 4.74 Å². The highest BCUT2D eigenvalue weighted by Gasteiger charge is 2.21. The average molecular weight is 399 g/mol. The first-order valence-corrected chi connectivity index (χ1v) is 8.12. The lowest BCUT2D eigenvalue weighted by Gasteiger charge is -2.13. The molecule has 0 radical (unpaired) electrons. The Hall–Kier alpha value is -2.44. The summed E-state index contributed by atoms with van der Waals surface area (Å²) in [6, 6.07) is 7.37. The standard InChI is InChI=1S/C18H16Cl2O6/c1-23-15-8-17(25-3)16(24-2)7-12(15)18(22)26-9-14(21)11-6-10(19)4-5-13(11)20/h4-8H,9H2,1-3H3. The van der Waals surface area contributed by atoms with Gasteiger partial charge in [0.2, 0.25) is 5.78 Å². The zero-order valence-electron chi connectivity index (χ0n) is 14.3. The molecule has 0 aliphatic rings. The summed E-state index contributed by atoms with van der Waals surface area (Å²) in [4.78, 5) is 24.6. The predicted molar refractivity (Wildman–Crippen MR) is 97.2 cm³/mol. The van der Waals surface area contributed by atoms with Gasteiger partial charge in [0.15, 0.2) is 18.1 Å². The molecule has 26 heavy (non-hydrogen) atoms. The number of Topliss-reactive ketones (excluding diaryl/α,β-unsaturated/α-hetero) is 1. The number of halogens is 2. The Balaban J connectivity index is 2.19. The van der Waals surface area contributed by atoms with Crippen LogP contribution in [0.1, 0.15) is 20.7 Å². The normalized spacial score (nSPS) is 10.2. The van der Waals surface area contributed by atoms with Gasteiger partial charge in [0.1, 0.15) is 11.3 Å². The van der Waals surface area contributed by atoms with E-state index in [2.05, 4.69) is 0 Å². The molecule has 8 heteroatoms. The Kier molecular flexibility index (Phi) is 6.71. The number of hydrogen-bond donors (Lipinski definition) is 0. The van der Waals surface area contributed by atoms with Crippen LogP contribution in [0.25, 0.3) is 0 Å². The van der Waals surface area contributed by atoms with Crippen LogP contribution in [-0.4, -0.2) is 39.7 Å². The van der Waals surface area contributed by atoms with Crippen molar-refractivity contribution in [3.05, 3.63) is 51.5 Å². The summed E-state index contributed by atoms with van der Waals surface area (Å²) >= 11 is 11.8. The molecule has 2 aromatic rings. The van der Waals surface area contributed by atoms with Gasteiger partial charge in [-0.3, -0.25) is 4.79 Å². The fourth-order valence-electron chi connectivity index (χ4n) is 2.19. The number of methoxy groups -OCH3 is 3. The summed E-state index contributed by atoms with van der Waals surface area (Å²) in [6.45, 7) is -0.504. The highest BCUT2D eigenvalue weighted by atomic mass is 35.5. The highest BCUT2D eigenvalue weighted by Crippen LogP contribution is 2.35. The van der Waals surface area contributed by atoms with Crippen LogP contribution in [0, 0.1) is 0 Å². The minimum Gasteiger partial charge on any atom is -0.496 e. The lowest BCUT2D eigenvalue weighted by atomic mass is 10.1. The first kappa shape index (κ1) is 19.9. The van der Waals surface area contributed by atoms with Crippen molar-refractivity contribution in [1.29, 1.82) is 0 Å². The summed E-state index contributed by atoms with van der Waals surface area (Å²) < 4.78 is 20.6. The van der Waals surface area contributed by atoms with E-state index in [-0.39, 0.29) is 21.9 Å². The summed E-state index contributed by atoms with van der Waals surface area (Å²) in [5.41, 5.74) is 0.265. The molecule has 2 aromatic carbocycles. The van der Waals surface area contributed by atoms with Gasteiger partial charge in [-0.05, 0) is 18.2 Å². The molecule has 0 bridgehead atoms. The number of carbonyl (C=O) groups excluding carboxylic acids is 2. The molecule has 0 N–H and O–H groups in total. The van der Waals surface area contributed by atoms with Gasteiger partial charge >= 0.3 is 5.97 Å². The van der Waals surface area contributed by atoms with E-state index in [1.807, 2.05) is 0 Å². The van der Waals surface area contributed by atoms with Crippen LogP contribution in [0.5, 0.6) is 17.2 Å². The second-order valence-corrected chi connectivity index (χ2v) is 5.87. The predicted octanol–water partition coefficient (Wildman–Crippen LogP) is 4.06. The van der Waals surface area contributed by atoms with Crippen molar-refractivity contribution in [2.24, 2.45) is 0 Å². The fraction of sp³-hybridized carbons (Fsp3) is 0.222. The molecule has 0 saturated heterocycles. The van der Waals surface area contributed by atoms with Gasteiger partial charge in [-0.15, -0.1) is 0 Å². The molecule has 0 fully saturated rings. The first-order valence-electron chi connectivity index (χ1n) is 7.36. The maximum atomic E-state index is 12.4. The van der Waals surface area contributed by atoms with E-state index in [9.17, 15) is 9.59 Å². The molecule has 0 atom stereocenters. The molecule has 0 saturated carbocycles. The minimum absolute atomic E-state index is 0.0927. The third-order valence-corrected chi connectivity index (χ3v) is 4.05. The fourth-order valence-corrected chi connectivity index (χ4v) is 2.58. The third-order valence-electron chi connectivity index (χ3n) is 3.49.